The zero-order chi connectivity index (χ0) is 14.8. The highest BCUT2D eigenvalue weighted by Gasteiger charge is 2.07. The number of benzene rings is 1. The first kappa shape index (κ1) is 15.4. The number of nitrogens with one attached hydrogen (secondary N) is 2. The maximum absolute atomic E-state index is 11.4. The van der Waals surface area contributed by atoms with E-state index in [9.17, 15) is 9.59 Å². The van der Waals surface area contributed by atoms with Gasteiger partial charge < -0.3 is 10.1 Å². The molecule has 6 nitrogen and oxygen atoms in total. The number of amides is 2. The van der Waals surface area contributed by atoms with Crippen LogP contribution in [0, 0.1) is 0 Å². The maximum Gasteiger partial charge on any atom is 0.249 e. The van der Waals surface area contributed by atoms with Crippen LogP contribution in [0.25, 0.3) is 0 Å². The summed E-state index contributed by atoms with van der Waals surface area (Å²) in [4.78, 5) is 22.7. The second-order valence-electron chi connectivity index (χ2n) is 3.80. The van der Waals surface area contributed by atoms with Crippen molar-refractivity contribution in [3.8, 4) is 5.75 Å². The molecule has 0 saturated heterocycles. The lowest BCUT2D eigenvalue weighted by Crippen LogP contribution is -2.29. The number of methoxy groups -OCH3 is 1. The molecule has 0 aliphatic carbocycles. The van der Waals surface area contributed by atoms with Crippen molar-refractivity contribution >= 4 is 18.0 Å². The Morgan fingerprint density at radius 2 is 2.10 bits per heavy atom. The van der Waals surface area contributed by atoms with Crippen molar-refractivity contribution in [2.45, 2.75) is 6.42 Å². The number of hydrogen-bond donors (Lipinski definition) is 2. The fraction of sp³-hybridized carbons (Fsp3) is 0.214. The van der Waals surface area contributed by atoms with Crippen LogP contribution in [0.1, 0.15) is 12.0 Å². The van der Waals surface area contributed by atoms with Gasteiger partial charge in [0, 0.05) is 12.1 Å². The Hall–Kier alpha value is -2.63. The molecule has 0 unspecified atom stereocenters. The summed E-state index contributed by atoms with van der Waals surface area (Å²) in [5, 5.41) is 6.28. The van der Waals surface area contributed by atoms with E-state index in [1.54, 1.807) is 19.2 Å². The fourth-order valence-corrected chi connectivity index (χ4v) is 1.38. The van der Waals surface area contributed by atoms with Gasteiger partial charge in [-0.15, -0.1) is 6.58 Å². The van der Waals surface area contributed by atoms with E-state index in [1.807, 2.05) is 12.1 Å². The largest absolute Gasteiger partial charge is 0.496 e. The van der Waals surface area contributed by atoms with Gasteiger partial charge >= 0.3 is 0 Å². The molecule has 0 saturated carbocycles. The zero-order valence-electron chi connectivity index (χ0n) is 11.3. The van der Waals surface area contributed by atoms with Crippen molar-refractivity contribution in [2.75, 3.05) is 13.7 Å². The first-order valence-electron chi connectivity index (χ1n) is 6.00. The van der Waals surface area contributed by atoms with Crippen molar-refractivity contribution in [3.63, 3.8) is 0 Å². The summed E-state index contributed by atoms with van der Waals surface area (Å²) >= 11 is 0. The minimum Gasteiger partial charge on any atom is -0.496 e. The number of nitrogens with zero attached hydrogens (tertiary/aromatic N) is 1. The highest BCUT2D eigenvalue weighted by molar-refractivity contribution is 5.97. The lowest BCUT2D eigenvalue weighted by atomic mass is 10.2. The standard InChI is InChI=1S/C14H17N3O3/c1-3-8-15-13(18)9-14(19)17-16-10-11-6-4-5-7-12(11)20-2/h3-7,10H,1,8-9H2,2H3,(H,15,18)(H,17,19)/b16-10+. The van der Waals surface area contributed by atoms with E-state index in [0.717, 1.165) is 5.56 Å². The Morgan fingerprint density at radius 1 is 1.35 bits per heavy atom. The summed E-state index contributed by atoms with van der Waals surface area (Å²) in [5.41, 5.74) is 3.01. The number of hydrogen-bond acceptors (Lipinski definition) is 4. The summed E-state index contributed by atoms with van der Waals surface area (Å²) in [6, 6.07) is 7.24. The van der Waals surface area contributed by atoms with E-state index >= 15 is 0 Å². The Labute approximate surface area is 117 Å². The summed E-state index contributed by atoms with van der Waals surface area (Å²) in [6.07, 6.45) is 2.71. The van der Waals surface area contributed by atoms with E-state index in [4.69, 9.17) is 4.74 Å². The highest BCUT2D eigenvalue weighted by Crippen LogP contribution is 2.14. The van der Waals surface area contributed by atoms with Crippen LogP contribution < -0.4 is 15.5 Å². The zero-order valence-corrected chi connectivity index (χ0v) is 11.3. The van der Waals surface area contributed by atoms with Crippen LogP contribution in [0.15, 0.2) is 42.0 Å². The topological polar surface area (TPSA) is 79.8 Å². The second kappa shape index (κ2) is 8.47. The molecule has 1 aromatic rings. The van der Waals surface area contributed by atoms with Crippen LogP contribution in [0.4, 0.5) is 0 Å². The van der Waals surface area contributed by atoms with Gasteiger partial charge in [-0.1, -0.05) is 18.2 Å². The third-order valence-corrected chi connectivity index (χ3v) is 2.30. The number of hydrazone groups is 1. The molecule has 20 heavy (non-hydrogen) atoms. The summed E-state index contributed by atoms with van der Waals surface area (Å²) < 4.78 is 5.13. The monoisotopic (exact) mass is 275 g/mol. The molecule has 1 aromatic carbocycles. The number of rotatable bonds is 7. The number of carbonyl (C=O) groups excluding carboxylic acids is 2. The predicted octanol–water partition coefficient (Wildman–Crippen LogP) is 0.838. The van der Waals surface area contributed by atoms with Gasteiger partial charge in [0.1, 0.15) is 12.2 Å². The molecule has 0 fully saturated rings. The highest BCUT2D eigenvalue weighted by atomic mass is 16.5. The van der Waals surface area contributed by atoms with Gasteiger partial charge in [0.2, 0.25) is 11.8 Å². The second-order valence-corrected chi connectivity index (χ2v) is 3.80. The first-order valence-corrected chi connectivity index (χ1v) is 6.00. The molecule has 0 radical (unpaired) electrons. The number of carbonyl (C=O) groups is 2. The summed E-state index contributed by atoms with van der Waals surface area (Å²) in [6.45, 7) is 3.79. The molecule has 0 aromatic heterocycles. The average Bonchev–Trinajstić information content (AvgIpc) is 2.45. The Bertz CT molecular complexity index is 512. The molecule has 6 heteroatoms. The van der Waals surface area contributed by atoms with Gasteiger partial charge in [0.05, 0.1) is 13.3 Å². The van der Waals surface area contributed by atoms with Gasteiger partial charge in [-0.05, 0) is 12.1 Å². The lowest BCUT2D eigenvalue weighted by molar-refractivity contribution is -0.129. The molecule has 0 aliphatic heterocycles. The fourth-order valence-electron chi connectivity index (χ4n) is 1.38. The summed E-state index contributed by atoms with van der Waals surface area (Å²) in [5.74, 6) is -0.221. The minimum absolute atomic E-state index is 0.281. The van der Waals surface area contributed by atoms with E-state index in [2.05, 4.69) is 22.4 Å². The number of ether oxygens (including phenoxy) is 1. The van der Waals surface area contributed by atoms with Crippen molar-refractivity contribution in [1.29, 1.82) is 0 Å². The molecule has 2 amide bonds. The third kappa shape index (κ3) is 5.34. The molecular formula is C14H17N3O3. The van der Waals surface area contributed by atoms with Crippen LogP contribution >= 0.6 is 0 Å². The van der Waals surface area contributed by atoms with E-state index in [0.29, 0.717) is 12.3 Å². The summed E-state index contributed by atoms with van der Waals surface area (Å²) in [7, 11) is 1.55. The van der Waals surface area contributed by atoms with Crippen molar-refractivity contribution in [1.82, 2.24) is 10.7 Å². The van der Waals surface area contributed by atoms with Crippen LogP contribution in [0.5, 0.6) is 5.75 Å². The van der Waals surface area contributed by atoms with E-state index < -0.39 is 5.91 Å². The molecule has 106 valence electrons. The van der Waals surface area contributed by atoms with E-state index in [-0.39, 0.29) is 12.3 Å². The van der Waals surface area contributed by atoms with Crippen molar-refractivity contribution in [3.05, 3.63) is 42.5 Å². The first-order chi connectivity index (χ1) is 9.67. The van der Waals surface area contributed by atoms with Crippen LogP contribution in [0.2, 0.25) is 0 Å². The Balaban J connectivity index is 2.46. The van der Waals surface area contributed by atoms with Crippen molar-refractivity contribution < 1.29 is 14.3 Å². The van der Waals surface area contributed by atoms with Gasteiger partial charge in [0.15, 0.2) is 0 Å². The SMILES string of the molecule is C=CCNC(=O)CC(=O)N/N=C/c1ccccc1OC. The van der Waals surface area contributed by atoms with Gasteiger partial charge in [0.25, 0.3) is 0 Å². The number of para-hydroxylation sites is 1. The van der Waals surface area contributed by atoms with Gasteiger partial charge in [-0.2, -0.15) is 5.10 Å². The smallest absolute Gasteiger partial charge is 0.249 e. The van der Waals surface area contributed by atoms with Gasteiger partial charge in [-0.3, -0.25) is 9.59 Å². The molecule has 0 spiro atoms. The van der Waals surface area contributed by atoms with Gasteiger partial charge in [-0.25, -0.2) is 5.43 Å². The molecule has 1 rings (SSSR count). The molecule has 2 N–H and O–H groups in total. The Morgan fingerprint density at radius 3 is 2.80 bits per heavy atom. The predicted molar refractivity (Wildman–Crippen MR) is 76.6 cm³/mol. The third-order valence-electron chi connectivity index (χ3n) is 2.30. The van der Waals surface area contributed by atoms with Crippen LogP contribution in [-0.4, -0.2) is 31.7 Å². The average molecular weight is 275 g/mol. The Kier molecular flexibility index (Phi) is 6.53. The maximum atomic E-state index is 11.4. The quantitative estimate of drug-likeness (QED) is 0.335. The molecule has 0 heterocycles. The molecule has 0 aliphatic rings. The lowest BCUT2D eigenvalue weighted by Gasteiger charge is -2.03. The minimum atomic E-state index is -0.488. The van der Waals surface area contributed by atoms with E-state index in [1.165, 1.54) is 12.3 Å². The normalized spacial score (nSPS) is 10.1. The van der Waals surface area contributed by atoms with Crippen molar-refractivity contribution in [2.24, 2.45) is 5.10 Å². The molecular weight excluding hydrogens is 258 g/mol. The van der Waals surface area contributed by atoms with Crippen LogP contribution in [0.3, 0.4) is 0 Å². The molecule has 0 bridgehead atoms. The molecule has 0 atom stereocenters. The van der Waals surface area contributed by atoms with Crippen LogP contribution in [-0.2, 0) is 9.59 Å².